The SMILES string of the molecule is Cc1cc(Cl)cnc1F. The summed E-state index contributed by atoms with van der Waals surface area (Å²) in [5, 5.41) is 0.467. The van der Waals surface area contributed by atoms with Crippen LogP contribution in [-0.2, 0) is 0 Å². The van der Waals surface area contributed by atoms with Crippen LogP contribution in [0.2, 0.25) is 5.02 Å². The molecule has 0 fully saturated rings. The molecule has 0 unspecified atom stereocenters. The van der Waals surface area contributed by atoms with E-state index in [0.717, 1.165) is 0 Å². The molecule has 1 heterocycles. The molecule has 1 rings (SSSR count). The van der Waals surface area contributed by atoms with Crippen LogP contribution in [0.15, 0.2) is 12.3 Å². The first kappa shape index (κ1) is 6.49. The molecule has 1 nitrogen and oxygen atoms in total. The van der Waals surface area contributed by atoms with Crippen molar-refractivity contribution in [1.29, 1.82) is 0 Å². The number of aryl methyl sites for hydroxylation is 1. The van der Waals surface area contributed by atoms with Crippen LogP contribution < -0.4 is 0 Å². The van der Waals surface area contributed by atoms with Gasteiger partial charge >= 0.3 is 0 Å². The van der Waals surface area contributed by atoms with Gasteiger partial charge in [0.15, 0.2) is 0 Å². The van der Waals surface area contributed by atoms with Crippen LogP contribution in [0.25, 0.3) is 0 Å². The molecule has 9 heavy (non-hydrogen) atoms. The molecule has 0 aliphatic rings. The van der Waals surface area contributed by atoms with Gasteiger partial charge < -0.3 is 0 Å². The van der Waals surface area contributed by atoms with E-state index in [1.807, 2.05) is 0 Å². The van der Waals surface area contributed by atoms with E-state index in [-0.39, 0.29) is 0 Å². The van der Waals surface area contributed by atoms with E-state index in [2.05, 4.69) is 4.98 Å². The second-order valence-electron chi connectivity index (χ2n) is 1.76. The van der Waals surface area contributed by atoms with Crippen molar-refractivity contribution in [2.24, 2.45) is 0 Å². The Balaban J connectivity index is 3.17. The number of hydrogen-bond donors (Lipinski definition) is 0. The number of halogens is 2. The fraction of sp³-hybridized carbons (Fsp3) is 0.167. The summed E-state index contributed by atoms with van der Waals surface area (Å²) in [6.45, 7) is 1.62. The first-order valence-electron chi connectivity index (χ1n) is 2.48. The maximum absolute atomic E-state index is 12.3. The second-order valence-corrected chi connectivity index (χ2v) is 2.20. The molecule has 0 atom stereocenters. The average molecular weight is 146 g/mol. The molecule has 0 amide bonds. The summed E-state index contributed by atoms with van der Waals surface area (Å²) < 4.78 is 12.3. The van der Waals surface area contributed by atoms with Crippen LogP contribution in [0.4, 0.5) is 4.39 Å². The minimum atomic E-state index is -0.459. The van der Waals surface area contributed by atoms with Gasteiger partial charge in [-0.05, 0) is 13.0 Å². The second kappa shape index (κ2) is 2.31. The topological polar surface area (TPSA) is 12.9 Å². The van der Waals surface area contributed by atoms with Crippen LogP contribution in [0, 0.1) is 12.9 Å². The Kier molecular flexibility index (Phi) is 1.67. The smallest absolute Gasteiger partial charge is 0.215 e. The van der Waals surface area contributed by atoms with Gasteiger partial charge in [-0.25, -0.2) is 4.98 Å². The van der Waals surface area contributed by atoms with Crippen LogP contribution >= 0.6 is 11.6 Å². The summed E-state index contributed by atoms with van der Waals surface area (Å²) in [5.41, 5.74) is 0.475. The average Bonchev–Trinajstić information content (AvgIpc) is 1.80. The number of nitrogens with zero attached hydrogens (tertiary/aromatic N) is 1. The highest BCUT2D eigenvalue weighted by molar-refractivity contribution is 6.30. The fourth-order valence-electron chi connectivity index (χ4n) is 0.524. The highest BCUT2D eigenvalue weighted by Crippen LogP contribution is 2.09. The van der Waals surface area contributed by atoms with Crippen LogP contribution in [-0.4, -0.2) is 4.98 Å². The molecule has 0 N–H and O–H groups in total. The lowest BCUT2D eigenvalue weighted by Crippen LogP contribution is -1.85. The summed E-state index contributed by atoms with van der Waals surface area (Å²) in [4.78, 5) is 3.38. The van der Waals surface area contributed by atoms with Gasteiger partial charge in [-0.1, -0.05) is 11.6 Å². The van der Waals surface area contributed by atoms with E-state index >= 15 is 0 Å². The molecular weight excluding hydrogens is 141 g/mol. The minimum Gasteiger partial charge on any atom is -0.227 e. The van der Waals surface area contributed by atoms with Crippen LogP contribution in [0.5, 0.6) is 0 Å². The maximum Gasteiger partial charge on any atom is 0.215 e. The van der Waals surface area contributed by atoms with E-state index < -0.39 is 5.95 Å². The summed E-state index contributed by atoms with van der Waals surface area (Å²) >= 11 is 5.49. The van der Waals surface area contributed by atoms with Crippen molar-refractivity contribution in [3.63, 3.8) is 0 Å². The third-order valence-electron chi connectivity index (χ3n) is 0.981. The van der Waals surface area contributed by atoms with Gasteiger partial charge in [-0.2, -0.15) is 4.39 Å². The lowest BCUT2D eigenvalue weighted by Gasteiger charge is -1.92. The largest absolute Gasteiger partial charge is 0.227 e. The predicted molar refractivity (Wildman–Crippen MR) is 33.9 cm³/mol. The van der Waals surface area contributed by atoms with Crippen molar-refractivity contribution >= 4 is 11.6 Å². The van der Waals surface area contributed by atoms with Gasteiger partial charge in [-0.15, -0.1) is 0 Å². The standard InChI is InChI=1S/C6H5ClFN/c1-4-2-5(7)3-9-6(4)8/h2-3H,1H3. The van der Waals surface area contributed by atoms with Gasteiger partial charge in [0.25, 0.3) is 0 Å². The van der Waals surface area contributed by atoms with Crippen LogP contribution in [0.1, 0.15) is 5.56 Å². The molecule has 0 aliphatic carbocycles. The first-order valence-corrected chi connectivity index (χ1v) is 2.85. The molecule has 48 valence electrons. The number of rotatable bonds is 0. The van der Waals surface area contributed by atoms with Crippen LogP contribution in [0.3, 0.4) is 0 Å². The van der Waals surface area contributed by atoms with E-state index in [9.17, 15) is 4.39 Å². The predicted octanol–water partition coefficient (Wildman–Crippen LogP) is 2.18. The molecule has 0 radical (unpaired) electrons. The summed E-state index contributed by atoms with van der Waals surface area (Å²) in [6.07, 6.45) is 1.28. The van der Waals surface area contributed by atoms with Gasteiger partial charge in [-0.3, -0.25) is 0 Å². The molecule has 0 saturated heterocycles. The van der Waals surface area contributed by atoms with Crippen molar-refractivity contribution in [2.45, 2.75) is 6.92 Å². The van der Waals surface area contributed by atoms with Crippen molar-refractivity contribution in [3.8, 4) is 0 Å². The van der Waals surface area contributed by atoms with Gasteiger partial charge in [0.05, 0.1) is 5.02 Å². The number of aromatic nitrogens is 1. The molecule has 0 bridgehead atoms. The van der Waals surface area contributed by atoms with Crippen molar-refractivity contribution in [2.75, 3.05) is 0 Å². The van der Waals surface area contributed by atoms with E-state index in [1.165, 1.54) is 12.3 Å². The summed E-state index contributed by atoms with van der Waals surface area (Å²) in [7, 11) is 0. The maximum atomic E-state index is 12.3. The Morgan fingerprint density at radius 3 is 2.78 bits per heavy atom. The number of hydrogen-bond acceptors (Lipinski definition) is 1. The Hall–Kier alpha value is -0.630. The van der Waals surface area contributed by atoms with Gasteiger partial charge in [0.2, 0.25) is 5.95 Å². The normalized spacial score (nSPS) is 9.67. The zero-order chi connectivity index (χ0) is 6.85. The molecule has 0 aliphatic heterocycles. The molecule has 0 spiro atoms. The highest BCUT2D eigenvalue weighted by Gasteiger charge is 1.96. The Bertz CT molecular complexity index is 224. The Morgan fingerprint density at radius 2 is 2.33 bits per heavy atom. The zero-order valence-electron chi connectivity index (χ0n) is 4.86. The highest BCUT2D eigenvalue weighted by atomic mass is 35.5. The van der Waals surface area contributed by atoms with Crippen molar-refractivity contribution < 1.29 is 4.39 Å². The Labute approximate surface area is 57.5 Å². The van der Waals surface area contributed by atoms with E-state index in [4.69, 9.17) is 11.6 Å². The first-order chi connectivity index (χ1) is 4.20. The van der Waals surface area contributed by atoms with Crippen molar-refractivity contribution in [3.05, 3.63) is 28.8 Å². The van der Waals surface area contributed by atoms with Gasteiger partial charge in [0.1, 0.15) is 0 Å². The third-order valence-corrected chi connectivity index (χ3v) is 1.19. The monoisotopic (exact) mass is 145 g/mol. The van der Waals surface area contributed by atoms with E-state index in [1.54, 1.807) is 6.92 Å². The molecule has 1 aromatic heterocycles. The molecule has 0 saturated carbocycles. The van der Waals surface area contributed by atoms with E-state index in [0.29, 0.717) is 10.6 Å². The third kappa shape index (κ3) is 1.39. The summed E-state index contributed by atoms with van der Waals surface area (Å²) in [6, 6.07) is 1.53. The lowest BCUT2D eigenvalue weighted by atomic mass is 10.3. The lowest BCUT2D eigenvalue weighted by molar-refractivity contribution is 0.574. The number of pyridine rings is 1. The quantitative estimate of drug-likeness (QED) is 0.510. The summed E-state index contributed by atoms with van der Waals surface area (Å²) in [5.74, 6) is -0.459. The van der Waals surface area contributed by atoms with Crippen molar-refractivity contribution in [1.82, 2.24) is 4.98 Å². The van der Waals surface area contributed by atoms with Gasteiger partial charge in [0, 0.05) is 11.8 Å². The molecule has 1 aromatic rings. The molecule has 3 heteroatoms. The minimum absolute atomic E-state index is 0.459. The Morgan fingerprint density at radius 1 is 1.67 bits per heavy atom. The fourth-order valence-corrected chi connectivity index (χ4v) is 0.736. The zero-order valence-corrected chi connectivity index (χ0v) is 5.61. The molecular formula is C6H5ClFN. The molecule has 0 aromatic carbocycles.